The van der Waals surface area contributed by atoms with Crippen molar-refractivity contribution in [2.75, 3.05) is 5.32 Å². The summed E-state index contributed by atoms with van der Waals surface area (Å²) in [6.07, 6.45) is -1.23. The Morgan fingerprint density at radius 1 is 1.35 bits per heavy atom. The van der Waals surface area contributed by atoms with Gasteiger partial charge in [0.05, 0.1) is 0 Å². The van der Waals surface area contributed by atoms with Crippen LogP contribution in [0.15, 0.2) is 28.7 Å². The molecule has 0 spiro atoms. The Hall–Kier alpha value is -1.56. The zero-order chi connectivity index (χ0) is 12.8. The van der Waals surface area contributed by atoms with Crippen LogP contribution in [-0.2, 0) is 4.79 Å². The van der Waals surface area contributed by atoms with Crippen LogP contribution in [0.25, 0.3) is 0 Å². The lowest BCUT2D eigenvalue weighted by molar-refractivity contribution is -0.120. The van der Waals surface area contributed by atoms with Crippen molar-refractivity contribution >= 4 is 33.6 Å². The first kappa shape index (κ1) is 13.5. The Bertz CT molecular complexity index is 406. The molecule has 0 fully saturated rings. The molecule has 5 nitrogen and oxygen atoms in total. The second-order valence-electron chi connectivity index (χ2n) is 3.61. The van der Waals surface area contributed by atoms with Gasteiger partial charge in [0.2, 0.25) is 5.91 Å². The van der Waals surface area contributed by atoms with E-state index in [4.69, 9.17) is 5.11 Å². The highest BCUT2D eigenvalue weighted by molar-refractivity contribution is 9.10. The topological polar surface area (TPSA) is 78.4 Å². The van der Waals surface area contributed by atoms with Crippen molar-refractivity contribution < 1.29 is 14.7 Å². The molecule has 0 aliphatic heterocycles. The van der Waals surface area contributed by atoms with Gasteiger partial charge in [0.15, 0.2) is 0 Å². The maximum Gasteiger partial charge on any atom is 0.411 e. The van der Waals surface area contributed by atoms with Crippen molar-refractivity contribution in [1.82, 2.24) is 5.32 Å². The van der Waals surface area contributed by atoms with Gasteiger partial charge in [-0.05, 0) is 31.2 Å². The van der Waals surface area contributed by atoms with E-state index in [0.717, 1.165) is 10.2 Å². The normalized spacial score (nSPS) is 11.6. The lowest BCUT2D eigenvalue weighted by Gasteiger charge is -2.14. The Balaban J connectivity index is 2.44. The molecule has 17 heavy (non-hydrogen) atoms. The van der Waals surface area contributed by atoms with Crippen LogP contribution in [0.3, 0.4) is 0 Å². The van der Waals surface area contributed by atoms with E-state index in [1.54, 1.807) is 5.32 Å². The molecular formula is C11H13BrN2O3. The first-order chi connectivity index (χ1) is 7.97. The molecule has 0 unspecified atom stereocenters. The van der Waals surface area contributed by atoms with Crippen LogP contribution in [0.5, 0.6) is 0 Å². The van der Waals surface area contributed by atoms with Crippen LogP contribution in [-0.4, -0.2) is 23.1 Å². The molecule has 3 N–H and O–H groups in total. The molecule has 1 aromatic rings. The zero-order valence-corrected chi connectivity index (χ0v) is 10.8. The van der Waals surface area contributed by atoms with Crippen molar-refractivity contribution in [1.29, 1.82) is 0 Å². The predicted molar refractivity (Wildman–Crippen MR) is 68.0 cm³/mol. The highest BCUT2D eigenvalue weighted by Crippen LogP contribution is 2.15. The van der Waals surface area contributed by atoms with E-state index >= 15 is 0 Å². The average molecular weight is 301 g/mol. The maximum absolute atomic E-state index is 11.2. The van der Waals surface area contributed by atoms with Crippen molar-refractivity contribution in [3.8, 4) is 0 Å². The molecule has 0 heterocycles. The third kappa shape index (κ3) is 5.35. The summed E-state index contributed by atoms with van der Waals surface area (Å²) in [6, 6.07) is 7.36. The quantitative estimate of drug-likeness (QED) is 0.798. The predicted octanol–water partition coefficient (Wildman–Crippen LogP) is 2.43. The number of carbonyl (C=O) groups is 2. The molecule has 0 saturated heterocycles. The van der Waals surface area contributed by atoms with Gasteiger partial charge in [-0.15, -0.1) is 0 Å². The lowest BCUT2D eigenvalue weighted by Crippen LogP contribution is -2.32. The number of rotatable bonds is 4. The second kappa shape index (κ2) is 6.24. The SMILES string of the molecule is C[C@@H](CC(=O)NC(=O)O)Nc1ccc(Br)cc1. The smallest absolute Gasteiger partial charge is 0.411 e. The molecule has 1 rings (SSSR count). The molecule has 0 bridgehead atoms. The molecule has 0 aliphatic carbocycles. The summed E-state index contributed by atoms with van der Waals surface area (Å²) in [6.45, 7) is 1.81. The first-order valence-corrected chi connectivity index (χ1v) is 5.81. The Kier molecular flexibility index (Phi) is 4.96. The number of carboxylic acid groups (broad SMARTS) is 1. The van der Waals surface area contributed by atoms with Gasteiger partial charge in [-0.3, -0.25) is 10.1 Å². The van der Waals surface area contributed by atoms with Crippen molar-refractivity contribution in [3.05, 3.63) is 28.7 Å². The minimum Gasteiger partial charge on any atom is -0.465 e. The van der Waals surface area contributed by atoms with E-state index < -0.39 is 12.0 Å². The summed E-state index contributed by atoms with van der Waals surface area (Å²) in [5.41, 5.74) is 0.879. The number of halogens is 1. The number of anilines is 1. The largest absolute Gasteiger partial charge is 0.465 e. The summed E-state index contributed by atoms with van der Waals surface area (Å²) in [5.74, 6) is -0.519. The number of carbonyl (C=O) groups excluding carboxylic acids is 1. The van der Waals surface area contributed by atoms with Crippen molar-refractivity contribution in [2.45, 2.75) is 19.4 Å². The molecule has 0 aromatic heterocycles. The van der Waals surface area contributed by atoms with Gasteiger partial charge in [0.1, 0.15) is 0 Å². The van der Waals surface area contributed by atoms with Gasteiger partial charge in [0.25, 0.3) is 0 Å². The maximum atomic E-state index is 11.2. The Morgan fingerprint density at radius 2 is 1.94 bits per heavy atom. The van der Waals surface area contributed by atoms with Crippen LogP contribution in [0, 0.1) is 0 Å². The summed E-state index contributed by atoms with van der Waals surface area (Å²) in [7, 11) is 0. The standard InChI is InChI=1S/C11H13BrN2O3/c1-7(6-10(15)14-11(16)17)13-9-4-2-8(12)3-5-9/h2-5,7,13H,6H2,1H3,(H,14,15)(H,16,17)/t7-/m0/s1. The molecule has 0 aliphatic rings. The fraction of sp³-hybridized carbons (Fsp3) is 0.273. The summed E-state index contributed by atoms with van der Waals surface area (Å²) in [5, 5.41) is 13.3. The number of nitrogens with one attached hydrogen (secondary N) is 2. The molecule has 1 atom stereocenters. The molecule has 92 valence electrons. The summed E-state index contributed by atoms with van der Waals surface area (Å²) >= 11 is 3.32. The fourth-order valence-electron chi connectivity index (χ4n) is 1.33. The molecule has 1 aromatic carbocycles. The number of amides is 2. The van der Waals surface area contributed by atoms with Gasteiger partial charge in [-0.25, -0.2) is 4.79 Å². The van der Waals surface area contributed by atoms with E-state index in [1.807, 2.05) is 31.2 Å². The number of hydrogen-bond donors (Lipinski definition) is 3. The molecule has 2 amide bonds. The van der Waals surface area contributed by atoms with E-state index in [9.17, 15) is 9.59 Å². The minimum absolute atomic E-state index is 0.0996. The van der Waals surface area contributed by atoms with Crippen molar-refractivity contribution in [3.63, 3.8) is 0 Å². The Morgan fingerprint density at radius 3 is 2.47 bits per heavy atom. The fourth-order valence-corrected chi connectivity index (χ4v) is 1.59. The molecule has 0 saturated carbocycles. The van der Waals surface area contributed by atoms with E-state index in [1.165, 1.54) is 0 Å². The van der Waals surface area contributed by atoms with Gasteiger partial charge in [0, 0.05) is 22.6 Å². The van der Waals surface area contributed by atoms with Crippen LogP contribution >= 0.6 is 15.9 Å². The van der Waals surface area contributed by atoms with E-state index in [-0.39, 0.29) is 12.5 Å². The van der Waals surface area contributed by atoms with Gasteiger partial charge < -0.3 is 10.4 Å². The lowest BCUT2D eigenvalue weighted by atomic mass is 10.2. The third-order valence-corrected chi connectivity index (χ3v) is 2.52. The van der Waals surface area contributed by atoms with Crippen LogP contribution in [0.4, 0.5) is 10.5 Å². The number of imide groups is 1. The van der Waals surface area contributed by atoms with Crippen LogP contribution < -0.4 is 10.6 Å². The van der Waals surface area contributed by atoms with E-state index in [0.29, 0.717) is 0 Å². The average Bonchev–Trinajstić information content (AvgIpc) is 2.19. The summed E-state index contributed by atoms with van der Waals surface area (Å²) < 4.78 is 0.972. The van der Waals surface area contributed by atoms with Crippen molar-refractivity contribution in [2.24, 2.45) is 0 Å². The highest BCUT2D eigenvalue weighted by atomic mass is 79.9. The van der Waals surface area contributed by atoms with Crippen LogP contribution in [0.2, 0.25) is 0 Å². The van der Waals surface area contributed by atoms with Gasteiger partial charge >= 0.3 is 6.09 Å². The molecule has 6 heteroatoms. The first-order valence-electron chi connectivity index (χ1n) is 5.02. The third-order valence-electron chi connectivity index (χ3n) is 2.00. The highest BCUT2D eigenvalue weighted by Gasteiger charge is 2.10. The minimum atomic E-state index is -1.33. The Labute approximate surface area is 107 Å². The number of benzene rings is 1. The van der Waals surface area contributed by atoms with Gasteiger partial charge in [-0.1, -0.05) is 15.9 Å². The zero-order valence-electron chi connectivity index (χ0n) is 9.24. The molecule has 0 radical (unpaired) electrons. The van der Waals surface area contributed by atoms with E-state index in [2.05, 4.69) is 21.2 Å². The second-order valence-corrected chi connectivity index (χ2v) is 4.53. The monoisotopic (exact) mass is 300 g/mol. The number of hydrogen-bond acceptors (Lipinski definition) is 3. The molecular weight excluding hydrogens is 288 g/mol. The van der Waals surface area contributed by atoms with Gasteiger partial charge in [-0.2, -0.15) is 0 Å². The van der Waals surface area contributed by atoms with Crippen LogP contribution in [0.1, 0.15) is 13.3 Å². The summed E-state index contributed by atoms with van der Waals surface area (Å²) in [4.78, 5) is 21.4.